The van der Waals surface area contributed by atoms with E-state index in [1.165, 1.54) is 0 Å². The molecule has 5 heteroatoms. The third-order valence-corrected chi connectivity index (χ3v) is 4.97. The van der Waals surface area contributed by atoms with E-state index in [2.05, 4.69) is 31.1 Å². The van der Waals surface area contributed by atoms with E-state index < -0.39 is 0 Å². The molecule has 2 unspecified atom stereocenters. The summed E-state index contributed by atoms with van der Waals surface area (Å²) in [5.41, 5.74) is 1.14. The Labute approximate surface area is 119 Å². The van der Waals surface area contributed by atoms with Crippen LogP contribution < -0.4 is 5.32 Å². The largest absolute Gasteiger partial charge is 0.377 e. The van der Waals surface area contributed by atoms with Crippen molar-refractivity contribution >= 4 is 17.6 Å². The second kappa shape index (κ2) is 6.57. The first kappa shape index (κ1) is 14.6. The number of thioether (sulfide) groups is 1. The number of aryl methyl sites for hydroxylation is 1. The average Bonchev–Trinajstić information content (AvgIpc) is 2.79. The van der Waals surface area contributed by atoms with Gasteiger partial charge in [0.25, 0.3) is 0 Å². The lowest BCUT2D eigenvalue weighted by Crippen LogP contribution is -2.14. The lowest BCUT2D eigenvalue weighted by atomic mass is 10.2. The smallest absolute Gasteiger partial charge is 0.133 e. The zero-order valence-corrected chi connectivity index (χ0v) is 13.0. The molecule has 1 N–H and O–H groups in total. The lowest BCUT2D eigenvalue weighted by molar-refractivity contribution is 0.127. The molecule has 2 rings (SSSR count). The van der Waals surface area contributed by atoms with E-state index in [-0.39, 0.29) is 0 Å². The number of nitrogens with zero attached hydrogens (tertiary/aromatic N) is 2. The van der Waals surface area contributed by atoms with Crippen LogP contribution in [0.4, 0.5) is 5.82 Å². The van der Waals surface area contributed by atoms with Gasteiger partial charge in [0.15, 0.2) is 0 Å². The second-order valence-electron chi connectivity index (χ2n) is 4.94. The van der Waals surface area contributed by atoms with Crippen molar-refractivity contribution in [3.05, 3.63) is 11.4 Å². The van der Waals surface area contributed by atoms with Crippen molar-refractivity contribution in [3.8, 4) is 0 Å². The molecule has 0 spiro atoms. The molecule has 1 saturated heterocycles. The zero-order chi connectivity index (χ0) is 13.8. The Balaban J connectivity index is 2.24. The summed E-state index contributed by atoms with van der Waals surface area (Å²) in [6.07, 6.45) is 3.42. The number of anilines is 1. The minimum Gasteiger partial charge on any atom is -0.377 e. The van der Waals surface area contributed by atoms with Crippen LogP contribution in [0.25, 0.3) is 0 Å². The van der Waals surface area contributed by atoms with E-state index >= 15 is 0 Å². The molecule has 0 aliphatic carbocycles. The fraction of sp³-hybridized carbons (Fsp3) is 0.714. The van der Waals surface area contributed by atoms with Crippen molar-refractivity contribution in [3.63, 3.8) is 0 Å². The Morgan fingerprint density at radius 3 is 2.79 bits per heavy atom. The molecule has 0 amide bonds. The van der Waals surface area contributed by atoms with Gasteiger partial charge in [-0.05, 0) is 26.7 Å². The van der Waals surface area contributed by atoms with Gasteiger partial charge in [0.05, 0.1) is 6.10 Å². The second-order valence-corrected chi connectivity index (χ2v) is 6.17. The highest BCUT2D eigenvalue weighted by Crippen LogP contribution is 2.34. The molecule has 1 fully saturated rings. The molecule has 19 heavy (non-hydrogen) atoms. The van der Waals surface area contributed by atoms with Crippen LogP contribution in [0.1, 0.15) is 38.1 Å². The van der Waals surface area contributed by atoms with Crippen molar-refractivity contribution < 1.29 is 4.74 Å². The lowest BCUT2D eigenvalue weighted by Gasteiger charge is -2.16. The van der Waals surface area contributed by atoms with Crippen molar-refractivity contribution in [2.45, 2.75) is 56.4 Å². The number of ether oxygens (including phenoxy) is 1. The third kappa shape index (κ3) is 3.39. The molecule has 0 saturated carbocycles. The molecule has 0 aromatic carbocycles. The van der Waals surface area contributed by atoms with Gasteiger partial charge in [0.2, 0.25) is 0 Å². The summed E-state index contributed by atoms with van der Waals surface area (Å²) in [7, 11) is 1.92. The highest BCUT2D eigenvalue weighted by Gasteiger charge is 2.26. The Morgan fingerprint density at radius 1 is 1.42 bits per heavy atom. The zero-order valence-electron chi connectivity index (χ0n) is 12.2. The summed E-state index contributed by atoms with van der Waals surface area (Å²) < 4.78 is 5.63. The summed E-state index contributed by atoms with van der Waals surface area (Å²) >= 11 is 1.84. The van der Waals surface area contributed by atoms with Gasteiger partial charge in [-0.1, -0.05) is 18.7 Å². The molecule has 4 nitrogen and oxygen atoms in total. The fourth-order valence-corrected chi connectivity index (χ4v) is 3.45. The van der Waals surface area contributed by atoms with Crippen molar-refractivity contribution in [1.82, 2.24) is 9.97 Å². The van der Waals surface area contributed by atoms with Gasteiger partial charge in [0.1, 0.15) is 16.7 Å². The monoisotopic (exact) mass is 281 g/mol. The molecule has 2 heterocycles. The molecule has 0 bridgehead atoms. The van der Waals surface area contributed by atoms with Crippen LogP contribution in [-0.2, 0) is 11.2 Å². The van der Waals surface area contributed by atoms with Crippen LogP contribution in [0.15, 0.2) is 5.03 Å². The first-order valence-electron chi connectivity index (χ1n) is 6.99. The van der Waals surface area contributed by atoms with E-state index in [4.69, 9.17) is 9.72 Å². The SMILES string of the molecule is CCCc1nc(NC)c(C)c(SC2CCOC2C)n1. The van der Waals surface area contributed by atoms with Crippen LogP contribution >= 0.6 is 11.8 Å². The topological polar surface area (TPSA) is 47.0 Å². The van der Waals surface area contributed by atoms with E-state index in [1.54, 1.807) is 0 Å². The Hall–Kier alpha value is -0.810. The predicted octanol–water partition coefficient (Wildman–Crippen LogP) is 3.05. The summed E-state index contributed by atoms with van der Waals surface area (Å²) in [6.45, 7) is 7.25. The van der Waals surface area contributed by atoms with Crippen molar-refractivity contribution in [2.24, 2.45) is 0 Å². The maximum absolute atomic E-state index is 5.63. The minimum absolute atomic E-state index is 0.312. The fourth-order valence-electron chi connectivity index (χ4n) is 2.24. The van der Waals surface area contributed by atoms with Gasteiger partial charge in [0, 0.05) is 30.9 Å². The van der Waals surface area contributed by atoms with Gasteiger partial charge >= 0.3 is 0 Å². The van der Waals surface area contributed by atoms with E-state index in [0.717, 1.165) is 48.1 Å². The number of nitrogens with one attached hydrogen (secondary N) is 1. The highest BCUT2D eigenvalue weighted by molar-refractivity contribution is 8.00. The Kier molecular flexibility index (Phi) is 5.05. The number of hydrogen-bond donors (Lipinski definition) is 1. The number of rotatable bonds is 5. The first-order valence-corrected chi connectivity index (χ1v) is 7.87. The van der Waals surface area contributed by atoms with Gasteiger partial charge in [-0.2, -0.15) is 0 Å². The van der Waals surface area contributed by atoms with Crippen LogP contribution in [0.3, 0.4) is 0 Å². The van der Waals surface area contributed by atoms with Gasteiger partial charge < -0.3 is 10.1 Å². The van der Waals surface area contributed by atoms with E-state index in [9.17, 15) is 0 Å². The van der Waals surface area contributed by atoms with Crippen LogP contribution in [0.5, 0.6) is 0 Å². The maximum Gasteiger partial charge on any atom is 0.133 e. The van der Waals surface area contributed by atoms with Crippen LogP contribution in [0.2, 0.25) is 0 Å². The van der Waals surface area contributed by atoms with Gasteiger partial charge in [-0.3, -0.25) is 0 Å². The van der Waals surface area contributed by atoms with E-state index in [0.29, 0.717) is 11.4 Å². The Bertz CT molecular complexity index is 439. The van der Waals surface area contributed by atoms with Gasteiger partial charge in [-0.25, -0.2) is 9.97 Å². The average molecular weight is 281 g/mol. The third-order valence-electron chi connectivity index (χ3n) is 3.43. The molecule has 0 radical (unpaired) electrons. The standard InChI is InChI=1S/C14H23N3OS/c1-5-6-12-16-13(15-4)9(2)14(17-12)19-11-7-8-18-10(11)3/h10-11H,5-8H2,1-4H3,(H,15,16,17). The quantitative estimate of drug-likeness (QED) is 0.841. The summed E-state index contributed by atoms with van der Waals surface area (Å²) in [5.74, 6) is 1.89. The first-order chi connectivity index (χ1) is 9.15. The van der Waals surface area contributed by atoms with Crippen LogP contribution in [-0.4, -0.2) is 35.0 Å². The minimum atomic E-state index is 0.312. The molecular weight excluding hydrogens is 258 g/mol. The summed E-state index contributed by atoms with van der Waals surface area (Å²) in [4.78, 5) is 9.29. The molecule has 106 valence electrons. The normalized spacial score (nSPS) is 22.7. The van der Waals surface area contributed by atoms with Gasteiger partial charge in [-0.15, -0.1) is 0 Å². The Morgan fingerprint density at radius 2 is 2.21 bits per heavy atom. The molecule has 2 atom stereocenters. The summed E-state index contributed by atoms with van der Waals surface area (Å²) in [6, 6.07) is 0. The van der Waals surface area contributed by atoms with E-state index in [1.807, 2.05) is 18.8 Å². The molecule has 1 aromatic rings. The summed E-state index contributed by atoms with van der Waals surface area (Å²) in [5, 5.41) is 4.78. The maximum atomic E-state index is 5.63. The highest BCUT2D eigenvalue weighted by atomic mass is 32.2. The van der Waals surface area contributed by atoms with Crippen molar-refractivity contribution in [2.75, 3.05) is 19.0 Å². The molecular formula is C14H23N3OS. The predicted molar refractivity (Wildman–Crippen MR) is 80.0 cm³/mol. The molecule has 1 aliphatic rings. The van der Waals surface area contributed by atoms with Crippen molar-refractivity contribution in [1.29, 1.82) is 0 Å². The molecule has 1 aromatic heterocycles. The van der Waals surface area contributed by atoms with Crippen LogP contribution in [0, 0.1) is 6.92 Å². The molecule has 1 aliphatic heterocycles. The number of hydrogen-bond acceptors (Lipinski definition) is 5. The number of aromatic nitrogens is 2.